The highest BCUT2D eigenvalue weighted by atomic mass is 79.9. The fourth-order valence-electron chi connectivity index (χ4n) is 2.30. The van der Waals surface area contributed by atoms with Crippen LogP contribution in [0.1, 0.15) is 5.56 Å². The van der Waals surface area contributed by atoms with Gasteiger partial charge in [0.05, 0.1) is 16.3 Å². The molecule has 0 radical (unpaired) electrons. The maximum absolute atomic E-state index is 12.7. The minimum atomic E-state index is -0.797. The van der Waals surface area contributed by atoms with E-state index in [9.17, 15) is 14.7 Å². The maximum Gasteiger partial charge on any atom is 0.301 e. The molecule has 0 atom stereocenters. The number of benzene rings is 2. The zero-order valence-electron chi connectivity index (χ0n) is 11.4. The van der Waals surface area contributed by atoms with E-state index < -0.39 is 17.6 Å². The maximum atomic E-state index is 12.7. The first-order valence-electron chi connectivity index (χ1n) is 6.43. The zero-order valence-corrected chi connectivity index (χ0v) is 14.5. The van der Waals surface area contributed by atoms with Crippen molar-refractivity contribution in [3.8, 4) is 0 Å². The molecule has 0 unspecified atom stereocenters. The average Bonchev–Trinajstić information content (AvgIpc) is 2.70. The number of rotatable bonds is 2. The molecule has 0 aromatic heterocycles. The Balaban J connectivity index is 2.10. The second kappa shape index (κ2) is 6.00. The molecule has 1 aliphatic rings. The van der Waals surface area contributed by atoms with Crippen molar-refractivity contribution < 1.29 is 14.7 Å². The van der Waals surface area contributed by atoms with Gasteiger partial charge in [-0.05, 0) is 30.3 Å². The predicted octanol–water partition coefficient (Wildman–Crippen LogP) is 4.60. The summed E-state index contributed by atoms with van der Waals surface area (Å²) in [5.74, 6) is -2.08. The third kappa shape index (κ3) is 2.76. The van der Waals surface area contributed by atoms with Gasteiger partial charge < -0.3 is 5.11 Å². The Hall–Kier alpha value is -1.82. The number of hydrogen-bond donors (Lipinski definition) is 1. The van der Waals surface area contributed by atoms with E-state index in [4.69, 9.17) is 23.2 Å². The second-order valence-electron chi connectivity index (χ2n) is 4.77. The fraction of sp³-hybridized carbons (Fsp3) is 0. The lowest BCUT2D eigenvalue weighted by Gasteiger charge is -2.15. The molecule has 3 rings (SSSR count). The Morgan fingerprint density at radius 3 is 2.39 bits per heavy atom. The van der Waals surface area contributed by atoms with Crippen LogP contribution in [0, 0.1) is 0 Å². The lowest BCUT2D eigenvalue weighted by atomic mass is 10.1. The summed E-state index contributed by atoms with van der Waals surface area (Å²) < 4.78 is 0.702. The van der Waals surface area contributed by atoms with Crippen LogP contribution in [0.15, 0.2) is 52.7 Å². The number of hydrogen-bond acceptors (Lipinski definition) is 3. The van der Waals surface area contributed by atoms with Crippen LogP contribution in [0.25, 0.3) is 5.57 Å². The monoisotopic (exact) mass is 411 g/mol. The first kappa shape index (κ1) is 16.1. The van der Waals surface area contributed by atoms with E-state index in [1.165, 1.54) is 18.2 Å². The van der Waals surface area contributed by atoms with Gasteiger partial charge in [0, 0.05) is 15.1 Å². The number of amides is 2. The standard InChI is InChI=1S/C16H8BrCl2NO3/c17-8-2-1-3-10(6-8)20-15(22)13(14(21)16(20)23)11-5-4-9(18)7-12(11)19/h1-7,21H. The Labute approximate surface area is 150 Å². The number of aliphatic hydroxyl groups is 1. The van der Waals surface area contributed by atoms with Gasteiger partial charge in [-0.15, -0.1) is 0 Å². The van der Waals surface area contributed by atoms with Gasteiger partial charge in [0.25, 0.3) is 5.91 Å². The van der Waals surface area contributed by atoms with Crippen LogP contribution in [-0.2, 0) is 9.59 Å². The van der Waals surface area contributed by atoms with Crippen LogP contribution in [0.4, 0.5) is 5.69 Å². The molecule has 2 aromatic carbocycles. The Bertz CT molecular complexity index is 879. The summed E-state index contributed by atoms with van der Waals surface area (Å²) in [6.07, 6.45) is 0. The molecule has 2 aromatic rings. The quantitative estimate of drug-likeness (QED) is 0.733. The molecule has 23 heavy (non-hydrogen) atoms. The first-order valence-corrected chi connectivity index (χ1v) is 7.98. The van der Waals surface area contributed by atoms with Gasteiger partial charge in [0.1, 0.15) is 0 Å². The van der Waals surface area contributed by atoms with E-state index in [0.717, 1.165) is 4.90 Å². The van der Waals surface area contributed by atoms with Crippen molar-refractivity contribution in [1.82, 2.24) is 0 Å². The fourth-order valence-corrected chi connectivity index (χ4v) is 3.19. The SMILES string of the molecule is O=C1C(O)=C(c2ccc(Cl)cc2Cl)C(=O)N1c1cccc(Br)c1. The van der Waals surface area contributed by atoms with E-state index in [0.29, 0.717) is 15.2 Å². The highest BCUT2D eigenvalue weighted by molar-refractivity contribution is 9.10. The number of aliphatic hydroxyl groups excluding tert-OH is 1. The molecular weight excluding hydrogens is 405 g/mol. The van der Waals surface area contributed by atoms with Crippen molar-refractivity contribution in [3.63, 3.8) is 0 Å². The van der Waals surface area contributed by atoms with Gasteiger partial charge in [-0.3, -0.25) is 9.59 Å². The van der Waals surface area contributed by atoms with Crippen molar-refractivity contribution in [2.75, 3.05) is 4.90 Å². The summed E-state index contributed by atoms with van der Waals surface area (Å²) in [7, 11) is 0. The Morgan fingerprint density at radius 1 is 1.00 bits per heavy atom. The molecule has 0 saturated heterocycles. The number of carbonyl (C=O) groups excluding carboxylic acids is 2. The van der Waals surface area contributed by atoms with E-state index >= 15 is 0 Å². The van der Waals surface area contributed by atoms with Crippen LogP contribution in [0.3, 0.4) is 0 Å². The third-order valence-corrected chi connectivity index (χ3v) is 4.37. The van der Waals surface area contributed by atoms with Crippen LogP contribution in [0.5, 0.6) is 0 Å². The molecule has 0 fully saturated rings. The minimum Gasteiger partial charge on any atom is -0.502 e. The van der Waals surface area contributed by atoms with Crippen molar-refractivity contribution >= 4 is 62.2 Å². The van der Waals surface area contributed by atoms with Crippen LogP contribution in [0.2, 0.25) is 10.0 Å². The minimum absolute atomic E-state index is 0.142. The van der Waals surface area contributed by atoms with E-state index in [1.54, 1.807) is 24.3 Å². The molecule has 0 saturated carbocycles. The molecule has 4 nitrogen and oxygen atoms in total. The summed E-state index contributed by atoms with van der Waals surface area (Å²) in [6.45, 7) is 0. The molecule has 1 N–H and O–H groups in total. The normalized spacial score (nSPS) is 14.8. The molecule has 1 aliphatic heterocycles. The number of carbonyl (C=O) groups is 2. The van der Waals surface area contributed by atoms with E-state index in [-0.39, 0.29) is 16.2 Å². The molecule has 0 spiro atoms. The van der Waals surface area contributed by atoms with Crippen LogP contribution in [-0.4, -0.2) is 16.9 Å². The summed E-state index contributed by atoms with van der Waals surface area (Å²) in [5, 5.41) is 10.7. The number of halogens is 3. The number of anilines is 1. The lowest BCUT2D eigenvalue weighted by Crippen LogP contribution is -2.31. The van der Waals surface area contributed by atoms with Gasteiger partial charge in [-0.2, -0.15) is 0 Å². The van der Waals surface area contributed by atoms with Gasteiger partial charge in [0.15, 0.2) is 5.76 Å². The van der Waals surface area contributed by atoms with Gasteiger partial charge in [0.2, 0.25) is 0 Å². The van der Waals surface area contributed by atoms with Crippen LogP contribution >= 0.6 is 39.1 Å². The number of nitrogens with zero attached hydrogens (tertiary/aromatic N) is 1. The van der Waals surface area contributed by atoms with E-state index in [1.807, 2.05) is 0 Å². The topological polar surface area (TPSA) is 57.6 Å². The first-order chi connectivity index (χ1) is 10.9. The Kier molecular flexibility index (Phi) is 4.19. The highest BCUT2D eigenvalue weighted by Gasteiger charge is 2.41. The van der Waals surface area contributed by atoms with Crippen molar-refractivity contribution in [2.24, 2.45) is 0 Å². The summed E-state index contributed by atoms with van der Waals surface area (Å²) >= 11 is 15.2. The van der Waals surface area contributed by atoms with Gasteiger partial charge in [-0.1, -0.05) is 51.3 Å². The summed E-state index contributed by atoms with van der Waals surface area (Å²) in [5.41, 5.74) is 0.460. The molecule has 1 heterocycles. The van der Waals surface area contributed by atoms with Gasteiger partial charge in [-0.25, -0.2) is 4.90 Å². The smallest absolute Gasteiger partial charge is 0.301 e. The van der Waals surface area contributed by atoms with E-state index in [2.05, 4.69) is 15.9 Å². The molecule has 0 aliphatic carbocycles. The largest absolute Gasteiger partial charge is 0.502 e. The summed E-state index contributed by atoms with van der Waals surface area (Å²) in [6, 6.07) is 11.1. The molecule has 2 amide bonds. The highest BCUT2D eigenvalue weighted by Crippen LogP contribution is 2.36. The summed E-state index contributed by atoms with van der Waals surface area (Å²) in [4.78, 5) is 25.9. The van der Waals surface area contributed by atoms with Gasteiger partial charge >= 0.3 is 5.91 Å². The lowest BCUT2D eigenvalue weighted by molar-refractivity contribution is -0.121. The number of imide groups is 1. The molecule has 0 bridgehead atoms. The van der Waals surface area contributed by atoms with Crippen molar-refractivity contribution in [2.45, 2.75) is 0 Å². The molecule has 116 valence electrons. The predicted molar refractivity (Wildman–Crippen MR) is 92.6 cm³/mol. The average molecular weight is 413 g/mol. The zero-order chi connectivity index (χ0) is 16.7. The van der Waals surface area contributed by atoms with Crippen LogP contribution < -0.4 is 4.90 Å². The third-order valence-electron chi connectivity index (χ3n) is 3.33. The molecular formula is C16H8BrCl2NO3. The van der Waals surface area contributed by atoms with Crippen molar-refractivity contribution in [1.29, 1.82) is 0 Å². The second-order valence-corrected chi connectivity index (χ2v) is 6.53. The van der Waals surface area contributed by atoms with Crippen molar-refractivity contribution in [3.05, 3.63) is 68.3 Å². The molecule has 7 heteroatoms. The Morgan fingerprint density at radius 2 is 1.74 bits per heavy atom.